The van der Waals surface area contributed by atoms with Crippen LogP contribution in [0.1, 0.15) is 46.0 Å². The second-order valence-corrected chi connectivity index (χ2v) is 16.5. The highest BCUT2D eigenvalue weighted by Crippen LogP contribution is 2.58. The Balaban J connectivity index is 1.76. The van der Waals surface area contributed by atoms with Gasteiger partial charge in [0.2, 0.25) is 0 Å². The quantitative estimate of drug-likeness (QED) is 0.581. The molecular formula is C22H36O3SSi. The van der Waals surface area contributed by atoms with Gasteiger partial charge in [-0.3, -0.25) is 0 Å². The molecule has 27 heavy (non-hydrogen) atoms. The number of hydrogen-bond donors (Lipinski definition) is 0. The van der Waals surface area contributed by atoms with Crippen LogP contribution in [0, 0.1) is 23.2 Å². The van der Waals surface area contributed by atoms with Gasteiger partial charge in [-0.2, -0.15) is 0 Å². The third kappa shape index (κ3) is 4.51. The standard InChI is InChI=1S/C22H36O3SSi/c1-17(16-26(23,24)18-10-7-6-8-11-18)19-13-14-20-21(25-27(3,4)5)12-9-15-22(19,20)2/h6-8,10-11,17,19-21H,9,12-16H2,1-5H3/t17?,19-,20+,21+,22-/m1/s1. The smallest absolute Gasteiger partial charge is 0.184 e. The van der Waals surface area contributed by atoms with Gasteiger partial charge in [0.1, 0.15) is 0 Å². The van der Waals surface area contributed by atoms with E-state index in [1.165, 1.54) is 25.7 Å². The molecule has 1 aromatic carbocycles. The van der Waals surface area contributed by atoms with Crippen molar-refractivity contribution in [1.29, 1.82) is 0 Å². The summed E-state index contributed by atoms with van der Waals surface area (Å²) < 4.78 is 32.4. The molecule has 5 atom stereocenters. The molecule has 0 heterocycles. The topological polar surface area (TPSA) is 43.4 Å². The fraction of sp³-hybridized carbons (Fsp3) is 0.727. The first-order valence-corrected chi connectivity index (χ1v) is 15.5. The summed E-state index contributed by atoms with van der Waals surface area (Å²) in [4.78, 5) is 0.458. The maximum Gasteiger partial charge on any atom is 0.184 e. The third-order valence-electron chi connectivity index (χ3n) is 6.91. The molecule has 2 saturated carbocycles. The van der Waals surface area contributed by atoms with Gasteiger partial charge < -0.3 is 4.43 Å². The molecule has 0 aliphatic heterocycles. The highest BCUT2D eigenvalue weighted by molar-refractivity contribution is 7.91. The summed E-state index contributed by atoms with van der Waals surface area (Å²) in [6.07, 6.45) is 6.29. The van der Waals surface area contributed by atoms with Crippen LogP contribution >= 0.6 is 0 Å². The summed E-state index contributed by atoms with van der Waals surface area (Å²) in [5, 5.41) is 0. The molecule has 0 N–H and O–H groups in total. The number of fused-ring (bicyclic) bond motifs is 1. The lowest BCUT2D eigenvalue weighted by Gasteiger charge is -2.47. The Labute approximate surface area is 167 Å². The van der Waals surface area contributed by atoms with Crippen LogP contribution in [0.25, 0.3) is 0 Å². The van der Waals surface area contributed by atoms with Crippen LogP contribution in [0.2, 0.25) is 19.6 Å². The zero-order valence-corrected chi connectivity index (χ0v) is 19.4. The van der Waals surface area contributed by atoms with Gasteiger partial charge in [0, 0.05) is 6.10 Å². The second-order valence-electron chi connectivity index (χ2n) is 10.0. The lowest BCUT2D eigenvalue weighted by Crippen LogP contribution is -2.46. The van der Waals surface area contributed by atoms with E-state index in [9.17, 15) is 8.42 Å². The van der Waals surface area contributed by atoms with Gasteiger partial charge >= 0.3 is 0 Å². The van der Waals surface area contributed by atoms with E-state index < -0.39 is 18.2 Å². The van der Waals surface area contributed by atoms with Crippen LogP contribution in [0.15, 0.2) is 35.2 Å². The van der Waals surface area contributed by atoms with Crippen molar-refractivity contribution in [1.82, 2.24) is 0 Å². The van der Waals surface area contributed by atoms with E-state index in [1.54, 1.807) is 12.1 Å². The number of benzene rings is 1. The van der Waals surface area contributed by atoms with E-state index in [0.29, 0.717) is 22.8 Å². The highest BCUT2D eigenvalue weighted by atomic mass is 32.2. The Hall–Kier alpha value is -0.653. The molecule has 1 aromatic rings. The zero-order valence-electron chi connectivity index (χ0n) is 17.6. The van der Waals surface area contributed by atoms with E-state index in [4.69, 9.17) is 4.43 Å². The van der Waals surface area contributed by atoms with Crippen molar-refractivity contribution in [2.24, 2.45) is 23.2 Å². The zero-order chi connectivity index (χ0) is 19.9. The predicted octanol–water partition coefficient (Wildman–Crippen LogP) is 5.53. The van der Waals surface area contributed by atoms with Gasteiger partial charge in [-0.25, -0.2) is 8.42 Å². The molecule has 0 bridgehead atoms. The third-order valence-corrected chi connectivity index (χ3v) is 9.88. The predicted molar refractivity (Wildman–Crippen MR) is 114 cm³/mol. The second kappa shape index (κ2) is 7.64. The summed E-state index contributed by atoms with van der Waals surface area (Å²) in [6, 6.07) is 8.93. The van der Waals surface area contributed by atoms with E-state index in [2.05, 4.69) is 33.5 Å². The van der Waals surface area contributed by atoms with E-state index in [0.717, 1.165) is 6.42 Å². The van der Waals surface area contributed by atoms with Crippen molar-refractivity contribution in [2.75, 3.05) is 5.75 Å². The minimum atomic E-state index is -3.23. The molecule has 0 saturated heterocycles. The molecule has 152 valence electrons. The molecule has 5 heteroatoms. The molecule has 0 spiro atoms. The first-order chi connectivity index (χ1) is 12.5. The Kier molecular flexibility index (Phi) is 5.96. The molecule has 0 radical (unpaired) electrons. The maximum absolute atomic E-state index is 12.9. The SMILES string of the molecule is CC(CS(=O)(=O)c1ccccc1)[C@H]1CC[C@H]2[C@@H](O[Si](C)(C)C)CCC[C@]12C. The highest BCUT2D eigenvalue weighted by Gasteiger charge is 2.53. The van der Waals surface area contributed by atoms with Crippen molar-refractivity contribution >= 4 is 18.2 Å². The van der Waals surface area contributed by atoms with Gasteiger partial charge in [0.15, 0.2) is 18.2 Å². The minimum Gasteiger partial charge on any atom is -0.414 e. The molecule has 2 fully saturated rings. The summed E-state index contributed by atoms with van der Waals surface area (Å²) in [5.74, 6) is 1.48. The lowest BCUT2D eigenvalue weighted by molar-refractivity contribution is -0.0156. The van der Waals surface area contributed by atoms with Crippen LogP contribution in [0.5, 0.6) is 0 Å². The lowest BCUT2D eigenvalue weighted by atomic mass is 9.62. The van der Waals surface area contributed by atoms with Crippen LogP contribution in [-0.2, 0) is 14.3 Å². The summed E-state index contributed by atoms with van der Waals surface area (Å²) >= 11 is 0. The van der Waals surface area contributed by atoms with Crippen molar-refractivity contribution in [3.05, 3.63) is 30.3 Å². The molecular weight excluding hydrogens is 372 g/mol. The number of rotatable bonds is 6. The average molecular weight is 409 g/mol. The van der Waals surface area contributed by atoms with Gasteiger partial charge in [0.25, 0.3) is 0 Å². The van der Waals surface area contributed by atoms with Crippen molar-refractivity contribution < 1.29 is 12.8 Å². The summed E-state index contributed by atoms with van der Waals surface area (Å²) in [5.41, 5.74) is 0.216. The minimum absolute atomic E-state index is 0.177. The summed E-state index contributed by atoms with van der Waals surface area (Å²) in [7, 11) is -4.79. The van der Waals surface area contributed by atoms with E-state index >= 15 is 0 Å². The van der Waals surface area contributed by atoms with Gasteiger partial charge in [-0.05, 0) is 80.6 Å². The fourth-order valence-corrected chi connectivity index (χ4v) is 8.76. The molecule has 2 aliphatic carbocycles. The molecule has 1 unspecified atom stereocenters. The monoisotopic (exact) mass is 408 g/mol. The largest absolute Gasteiger partial charge is 0.414 e. The first kappa shape index (κ1) is 21.1. The molecule has 3 rings (SSSR count). The van der Waals surface area contributed by atoms with Crippen LogP contribution in [0.4, 0.5) is 0 Å². The van der Waals surface area contributed by atoms with Crippen molar-refractivity contribution in [2.45, 2.75) is 76.6 Å². The summed E-state index contributed by atoms with van der Waals surface area (Å²) in [6.45, 7) is 11.4. The first-order valence-electron chi connectivity index (χ1n) is 10.5. The maximum atomic E-state index is 12.9. The normalized spacial score (nSPS) is 32.9. The number of sulfone groups is 1. The Morgan fingerprint density at radius 1 is 1.15 bits per heavy atom. The molecule has 3 nitrogen and oxygen atoms in total. The molecule has 2 aliphatic rings. The molecule has 0 amide bonds. The Bertz CT molecular complexity index is 741. The van der Waals surface area contributed by atoms with Crippen LogP contribution in [-0.4, -0.2) is 28.6 Å². The average Bonchev–Trinajstić information content (AvgIpc) is 2.92. The van der Waals surface area contributed by atoms with Crippen LogP contribution in [0.3, 0.4) is 0 Å². The molecule has 0 aromatic heterocycles. The van der Waals surface area contributed by atoms with Gasteiger partial charge in [-0.1, -0.05) is 38.5 Å². The van der Waals surface area contributed by atoms with Crippen molar-refractivity contribution in [3.8, 4) is 0 Å². The van der Waals surface area contributed by atoms with Crippen LogP contribution < -0.4 is 0 Å². The van der Waals surface area contributed by atoms with E-state index in [1.807, 2.05) is 18.2 Å². The van der Waals surface area contributed by atoms with Gasteiger partial charge in [0.05, 0.1) is 10.6 Å². The van der Waals surface area contributed by atoms with Crippen molar-refractivity contribution in [3.63, 3.8) is 0 Å². The Morgan fingerprint density at radius 3 is 2.44 bits per heavy atom. The van der Waals surface area contributed by atoms with E-state index in [-0.39, 0.29) is 17.1 Å². The Morgan fingerprint density at radius 2 is 1.81 bits per heavy atom. The fourth-order valence-electron chi connectivity index (χ4n) is 5.88. The number of hydrogen-bond acceptors (Lipinski definition) is 3. The van der Waals surface area contributed by atoms with Gasteiger partial charge in [-0.15, -0.1) is 0 Å².